The molecule has 3 aromatic rings. The fourth-order valence-electron chi connectivity index (χ4n) is 2.84. The fraction of sp³-hybridized carbons (Fsp3) is 0.217. The smallest absolute Gasteiger partial charge is 0.333 e. The van der Waals surface area contributed by atoms with Crippen LogP contribution >= 0.6 is 0 Å². The van der Waals surface area contributed by atoms with Gasteiger partial charge in [0.2, 0.25) is 0 Å². The normalized spacial score (nSPS) is 12.3. The first-order valence-corrected chi connectivity index (χ1v) is 9.24. The van der Waals surface area contributed by atoms with Crippen molar-refractivity contribution in [3.05, 3.63) is 78.0 Å². The first-order valence-electron chi connectivity index (χ1n) is 9.24. The Morgan fingerprint density at radius 2 is 1.89 bits per heavy atom. The van der Waals surface area contributed by atoms with E-state index < -0.39 is 12.1 Å². The van der Waals surface area contributed by atoms with Crippen LogP contribution in [0.5, 0.6) is 5.75 Å². The second-order valence-electron chi connectivity index (χ2n) is 6.27. The Labute approximate surface area is 164 Å². The molecule has 144 valence electrons. The van der Waals surface area contributed by atoms with E-state index in [1.165, 1.54) is 0 Å². The molecule has 2 aromatic carbocycles. The van der Waals surface area contributed by atoms with Gasteiger partial charge in [0.1, 0.15) is 12.4 Å². The Balaban J connectivity index is 1.52. The molecular formula is C23H23NO4. The molecule has 5 nitrogen and oxygen atoms in total. The van der Waals surface area contributed by atoms with Crippen LogP contribution in [0.25, 0.3) is 17.0 Å². The highest BCUT2D eigenvalue weighted by Gasteiger charge is 2.17. The van der Waals surface area contributed by atoms with Crippen molar-refractivity contribution in [2.45, 2.75) is 19.4 Å². The lowest BCUT2D eigenvalue weighted by Crippen LogP contribution is -2.26. The van der Waals surface area contributed by atoms with Crippen LogP contribution in [-0.2, 0) is 16.0 Å². The predicted octanol–water partition coefficient (Wildman–Crippen LogP) is 4.36. The van der Waals surface area contributed by atoms with Crippen LogP contribution in [0.1, 0.15) is 18.2 Å². The number of aliphatic carboxylic acids is 1. The number of pyridine rings is 1. The average Bonchev–Trinajstić information content (AvgIpc) is 2.72. The maximum atomic E-state index is 11.2. The van der Waals surface area contributed by atoms with Gasteiger partial charge >= 0.3 is 5.97 Å². The summed E-state index contributed by atoms with van der Waals surface area (Å²) in [7, 11) is 0. The van der Waals surface area contributed by atoms with E-state index in [4.69, 9.17) is 14.6 Å². The van der Waals surface area contributed by atoms with E-state index in [1.54, 1.807) is 6.92 Å². The van der Waals surface area contributed by atoms with Crippen molar-refractivity contribution in [2.24, 2.45) is 0 Å². The summed E-state index contributed by atoms with van der Waals surface area (Å²) in [6.07, 6.45) is 3.35. The van der Waals surface area contributed by atoms with Gasteiger partial charge in [-0.1, -0.05) is 36.4 Å². The number of aromatic nitrogens is 1. The second-order valence-corrected chi connectivity index (χ2v) is 6.27. The van der Waals surface area contributed by atoms with Crippen LogP contribution in [0.15, 0.2) is 66.7 Å². The molecule has 0 amide bonds. The van der Waals surface area contributed by atoms with Gasteiger partial charge in [0.15, 0.2) is 6.10 Å². The molecule has 3 rings (SSSR count). The molecule has 5 heteroatoms. The molecule has 28 heavy (non-hydrogen) atoms. The lowest BCUT2D eigenvalue weighted by atomic mass is 10.1. The molecular weight excluding hydrogens is 354 g/mol. The highest BCUT2D eigenvalue weighted by molar-refractivity contribution is 5.79. The summed E-state index contributed by atoms with van der Waals surface area (Å²) in [6.45, 7) is 2.58. The number of nitrogens with zero attached hydrogens (tertiary/aromatic N) is 1. The standard InChI is InChI=1S/C23H23NO4/c1-2-27-22(23(25)26)16-17-9-13-20(14-10-17)28-15-5-7-19-12-11-18-6-3-4-8-21(18)24-19/h3-14,22H,2,15-16H2,1H3,(H,25,26)/t22-/m0/s1. The minimum Gasteiger partial charge on any atom is -0.490 e. The summed E-state index contributed by atoms with van der Waals surface area (Å²) in [4.78, 5) is 15.7. The molecule has 0 aliphatic rings. The first-order chi connectivity index (χ1) is 13.7. The van der Waals surface area contributed by atoms with Gasteiger partial charge in [0.05, 0.1) is 11.2 Å². The largest absolute Gasteiger partial charge is 0.490 e. The lowest BCUT2D eigenvalue weighted by molar-refractivity contribution is -0.149. The number of carboxylic acids is 1. The summed E-state index contributed by atoms with van der Waals surface area (Å²) in [6, 6.07) is 19.4. The number of carboxylic acid groups (broad SMARTS) is 1. The monoisotopic (exact) mass is 377 g/mol. The highest BCUT2D eigenvalue weighted by Crippen LogP contribution is 2.15. The summed E-state index contributed by atoms with van der Waals surface area (Å²) < 4.78 is 10.9. The third-order valence-corrected chi connectivity index (χ3v) is 4.24. The molecule has 1 atom stereocenters. The molecule has 0 bridgehead atoms. The Hall–Kier alpha value is -3.18. The van der Waals surface area contributed by atoms with E-state index in [2.05, 4.69) is 4.98 Å². The van der Waals surface area contributed by atoms with Gasteiger partial charge in [0.25, 0.3) is 0 Å². The average molecular weight is 377 g/mol. The molecule has 1 aromatic heterocycles. The maximum Gasteiger partial charge on any atom is 0.333 e. The van der Waals surface area contributed by atoms with Crippen molar-refractivity contribution in [2.75, 3.05) is 13.2 Å². The number of rotatable bonds is 9. The maximum absolute atomic E-state index is 11.2. The van der Waals surface area contributed by atoms with Gasteiger partial charge in [-0.2, -0.15) is 0 Å². The van der Waals surface area contributed by atoms with E-state index in [0.717, 1.165) is 27.9 Å². The SMILES string of the molecule is CCO[C@@H](Cc1ccc(OCC=Cc2ccc3ccccc3n2)cc1)C(=O)O. The molecule has 0 spiro atoms. The molecule has 0 aliphatic heterocycles. The molecule has 0 radical (unpaired) electrons. The van der Waals surface area contributed by atoms with Crippen LogP contribution < -0.4 is 4.74 Å². The van der Waals surface area contributed by atoms with Crippen LogP contribution in [0.4, 0.5) is 0 Å². The Bertz CT molecular complexity index is 950. The van der Waals surface area contributed by atoms with Crippen LogP contribution in [0, 0.1) is 0 Å². The van der Waals surface area contributed by atoms with Crippen molar-refractivity contribution in [1.82, 2.24) is 4.98 Å². The van der Waals surface area contributed by atoms with Gasteiger partial charge in [-0.3, -0.25) is 0 Å². The summed E-state index contributed by atoms with van der Waals surface area (Å²) in [5.41, 5.74) is 2.74. The Morgan fingerprint density at radius 1 is 1.11 bits per heavy atom. The van der Waals surface area contributed by atoms with Crippen LogP contribution in [0.2, 0.25) is 0 Å². The number of benzene rings is 2. The van der Waals surface area contributed by atoms with E-state index in [9.17, 15) is 4.79 Å². The highest BCUT2D eigenvalue weighted by atomic mass is 16.5. The minimum atomic E-state index is -0.949. The van der Waals surface area contributed by atoms with Gasteiger partial charge in [0, 0.05) is 18.4 Å². The zero-order chi connectivity index (χ0) is 19.8. The Kier molecular flexibility index (Phi) is 6.76. The molecule has 1 N–H and O–H groups in total. The first kappa shape index (κ1) is 19.6. The van der Waals surface area contributed by atoms with E-state index in [1.807, 2.05) is 72.8 Å². The number of ether oxygens (including phenoxy) is 2. The van der Waals surface area contributed by atoms with Crippen LogP contribution in [0.3, 0.4) is 0 Å². The van der Waals surface area contributed by atoms with E-state index >= 15 is 0 Å². The van der Waals surface area contributed by atoms with Gasteiger partial charge in [-0.25, -0.2) is 9.78 Å². The molecule has 0 aliphatic carbocycles. The fourth-order valence-corrected chi connectivity index (χ4v) is 2.84. The van der Waals surface area contributed by atoms with Crippen molar-refractivity contribution in [1.29, 1.82) is 0 Å². The third kappa shape index (κ3) is 5.41. The summed E-state index contributed by atoms with van der Waals surface area (Å²) >= 11 is 0. The van der Waals surface area contributed by atoms with Crippen molar-refractivity contribution in [3.63, 3.8) is 0 Å². The second kappa shape index (κ2) is 9.67. The van der Waals surface area contributed by atoms with E-state index in [-0.39, 0.29) is 0 Å². The number of carbonyl (C=O) groups is 1. The van der Waals surface area contributed by atoms with Crippen molar-refractivity contribution >= 4 is 22.9 Å². The molecule has 0 saturated carbocycles. The Morgan fingerprint density at radius 3 is 2.64 bits per heavy atom. The van der Waals surface area contributed by atoms with E-state index in [0.29, 0.717) is 19.6 Å². The number of hydrogen-bond donors (Lipinski definition) is 1. The minimum absolute atomic E-state index is 0.330. The lowest BCUT2D eigenvalue weighted by Gasteiger charge is -2.12. The quantitative estimate of drug-likeness (QED) is 0.600. The summed E-state index contributed by atoms with van der Waals surface area (Å²) in [5.74, 6) is -0.224. The van der Waals surface area contributed by atoms with Crippen molar-refractivity contribution in [3.8, 4) is 5.75 Å². The molecule has 0 unspecified atom stereocenters. The zero-order valence-corrected chi connectivity index (χ0v) is 15.7. The van der Waals surface area contributed by atoms with Gasteiger partial charge < -0.3 is 14.6 Å². The third-order valence-electron chi connectivity index (χ3n) is 4.24. The van der Waals surface area contributed by atoms with Crippen LogP contribution in [-0.4, -0.2) is 35.4 Å². The number of hydrogen-bond acceptors (Lipinski definition) is 4. The number of fused-ring (bicyclic) bond motifs is 1. The molecule has 0 fully saturated rings. The molecule has 0 saturated heterocycles. The topological polar surface area (TPSA) is 68.7 Å². The molecule has 1 heterocycles. The zero-order valence-electron chi connectivity index (χ0n) is 15.7. The van der Waals surface area contributed by atoms with Crippen molar-refractivity contribution < 1.29 is 19.4 Å². The predicted molar refractivity (Wildman–Crippen MR) is 109 cm³/mol. The van der Waals surface area contributed by atoms with Gasteiger partial charge in [-0.05, 0) is 48.9 Å². The number of para-hydroxylation sites is 1. The van der Waals surface area contributed by atoms with Gasteiger partial charge in [-0.15, -0.1) is 0 Å². The summed E-state index contributed by atoms with van der Waals surface area (Å²) in [5, 5.41) is 10.3.